The Bertz CT molecular complexity index is 262. The summed E-state index contributed by atoms with van der Waals surface area (Å²) in [6.07, 6.45) is 0. The normalized spacial score (nSPS) is 22.6. The highest BCUT2D eigenvalue weighted by Crippen LogP contribution is 2.25. The van der Waals surface area contributed by atoms with Gasteiger partial charge in [0.25, 0.3) is 0 Å². The van der Waals surface area contributed by atoms with Gasteiger partial charge in [-0.15, -0.1) is 0 Å². The maximum atomic E-state index is 11.2. The number of aliphatic carboxylic acids is 1. The number of carboxylic acids is 1. The van der Waals surface area contributed by atoms with E-state index >= 15 is 0 Å². The summed E-state index contributed by atoms with van der Waals surface area (Å²) >= 11 is 0. The zero-order valence-electron chi connectivity index (χ0n) is 9.52. The molecule has 1 aliphatic rings. The third-order valence-electron chi connectivity index (χ3n) is 2.63. The van der Waals surface area contributed by atoms with Gasteiger partial charge < -0.3 is 5.11 Å². The van der Waals surface area contributed by atoms with E-state index in [1.807, 2.05) is 25.7 Å². The van der Waals surface area contributed by atoms with Crippen LogP contribution in [0, 0.1) is 5.41 Å². The molecule has 1 fully saturated rings. The summed E-state index contributed by atoms with van der Waals surface area (Å²) in [6, 6.07) is -0.477. The van der Waals surface area contributed by atoms with Gasteiger partial charge in [-0.05, 0) is 5.41 Å². The van der Waals surface area contributed by atoms with Gasteiger partial charge in [0, 0.05) is 35.4 Å². The smallest absolute Gasteiger partial charge is 0.321 e. The lowest BCUT2D eigenvalue weighted by atomic mass is 9.85. The monoisotopic (exact) mass is 233 g/mol. The van der Waals surface area contributed by atoms with E-state index in [0.717, 1.165) is 0 Å². The molecule has 5 heteroatoms. The average Bonchev–Trinajstić information content (AvgIpc) is 2.05. The van der Waals surface area contributed by atoms with Gasteiger partial charge in [-0.3, -0.25) is 13.9 Å². The van der Waals surface area contributed by atoms with E-state index in [0.29, 0.717) is 24.6 Å². The van der Waals surface area contributed by atoms with Crippen molar-refractivity contribution in [2.75, 3.05) is 24.6 Å². The zero-order chi connectivity index (χ0) is 11.6. The zero-order valence-corrected chi connectivity index (χ0v) is 10.3. The molecular weight excluding hydrogens is 214 g/mol. The second-order valence-electron chi connectivity index (χ2n) is 4.99. The van der Waals surface area contributed by atoms with Gasteiger partial charge in [0.05, 0.1) is 0 Å². The van der Waals surface area contributed by atoms with Crippen LogP contribution in [-0.2, 0) is 15.6 Å². The Morgan fingerprint density at radius 3 is 2.13 bits per heavy atom. The van der Waals surface area contributed by atoms with E-state index in [9.17, 15) is 14.1 Å². The molecule has 88 valence electrons. The highest BCUT2D eigenvalue weighted by Gasteiger charge is 2.37. The highest BCUT2D eigenvalue weighted by atomic mass is 32.2. The molecule has 4 nitrogen and oxygen atoms in total. The van der Waals surface area contributed by atoms with Crippen LogP contribution in [0.25, 0.3) is 0 Å². The maximum Gasteiger partial charge on any atom is 0.321 e. The third kappa shape index (κ3) is 3.28. The van der Waals surface area contributed by atoms with Gasteiger partial charge in [-0.2, -0.15) is 0 Å². The van der Waals surface area contributed by atoms with Crippen molar-refractivity contribution in [3.63, 3.8) is 0 Å². The van der Waals surface area contributed by atoms with Crippen molar-refractivity contribution in [1.29, 1.82) is 0 Å². The molecule has 0 bridgehead atoms. The van der Waals surface area contributed by atoms with E-state index in [1.165, 1.54) is 0 Å². The molecule has 1 rings (SSSR count). The summed E-state index contributed by atoms with van der Waals surface area (Å²) in [5, 5.41) is 9.21. The van der Waals surface area contributed by atoms with Gasteiger partial charge in [0.2, 0.25) is 0 Å². The van der Waals surface area contributed by atoms with Crippen molar-refractivity contribution in [3.05, 3.63) is 0 Å². The molecule has 1 unspecified atom stereocenters. The van der Waals surface area contributed by atoms with Crippen molar-refractivity contribution < 1.29 is 14.1 Å². The van der Waals surface area contributed by atoms with Crippen molar-refractivity contribution in [2.24, 2.45) is 5.41 Å². The first-order chi connectivity index (χ1) is 6.82. The van der Waals surface area contributed by atoms with Crippen LogP contribution in [0.5, 0.6) is 0 Å². The van der Waals surface area contributed by atoms with Gasteiger partial charge in [-0.1, -0.05) is 20.8 Å². The molecule has 1 aliphatic heterocycles. The molecule has 0 radical (unpaired) electrons. The van der Waals surface area contributed by atoms with E-state index in [4.69, 9.17) is 0 Å². The van der Waals surface area contributed by atoms with Crippen LogP contribution in [-0.4, -0.2) is 50.8 Å². The molecule has 0 spiro atoms. The second-order valence-corrected chi connectivity index (χ2v) is 6.69. The van der Waals surface area contributed by atoms with Gasteiger partial charge in [-0.25, -0.2) is 0 Å². The van der Waals surface area contributed by atoms with Crippen LogP contribution < -0.4 is 0 Å². The first-order valence-corrected chi connectivity index (χ1v) is 6.63. The minimum absolute atomic E-state index is 0.287. The van der Waals surface area contributed by atoms with E-state index < -0.39 is 22.8 Å². The topological polar surface area (TPSA) is 57.6 Å². The Morgan fingerprint density at radius 2 is 1.80 bits per heavy atom. The Labute approximate surface area is 93.1 Å². The van der Waals surface area contributed by atoms with Crippen LogP contribution in [0.2, 0.25) is 0 Å². The van der Waals surface area contributed by atoms with E-state index in [2.05, 4.69) is 0 Å². The maximum absolute atomic E-state index is 11.2. The quantitative estimate of drug-likeness (QED) is 0.757. The first-order valence-electron chi connectivity index (χ1n) is 5.14. The number of rotatable bonds is 2. The molecule has 0 aromatic rings. The van der Waals surface area contributed by atoms with Gasteiger partial charge >= 0.3 is 5.97 Å². The van der Waals surface area contributed by atoms with Crippen molar-refractivity contribution >= 4 is 16.8 Å². The summed E-state index contributed by atoms with van der Waals surface area (Å²) in [5.41, 5.74) is -0.287. The highest BCUT2D eigenvalue weighted by molar-refractivity contribution is 7.85. The van der Waals surface area contributed by atoms with Crippen molar-refractivity contribution in [2.45, 2.75) is 26.8 Å². The minimum atomic E-state index is -0.782. The summed E-state index contributed by atoms with van der Waals surface area (Å²) in [4.78, 5) is 13.1. The Morgan fingerprint density at radius 1 is 1.33 bits per heavy atom. The molecule has 15 heavy (non-hydrogen) atoms. The van der Waals surface area contributed by atoms with Crippen LogP contribution in [0.15, 0.2) is 0 Å². The number of carbonyl (C=O) groups is 1. The Hall–Kier alpha value is -0.420. The standard InChI is InChI=1S/C10H19NO3S/c1-10(2,3)8(9(12)13)11-4-6-15(14)7-5-11/h8H,4-7H2,1-3H3,(H,12,13). The molecule has 0 aromatic carbocycles. The minimum Gasteiger partial charge on any atom is -0.480 e. The lowest BCUT2D eigenvalue weighted by molar-refractivity contribution is -0.147. The first kappa shape index (κ1) is 12.6. The molecule has 1 saturated heterocycles. The predicted octanol–water partition coefficient (Wildman–Crippen LogP) is 0.550. The number of carboxylic acid groups (broad SMARTS) is 1. The molecular formula is C10H19NO3S. The number of hydrogen-bond donors (Lipinski definition) is 1. The Balaban J connectivity index is 2.73. The average molecular weight is 233 g/mol. The van der Waals surface area contributed by atoms with Crippen LogP contribution >= 0.6 is 0 Å². The fraction of sp³-hybridized carbons (Fsp3) is 0.900. The lowest BCUT2D eigenvalue weighted by Crippen LogP contribution is -2.53. The summed E-state index contributed by atoms with van der Waals surface area (Å²) in [7, 11) is -0.752. The molecule has 0 saturated carbocycles. The van der Waals surface area contributed by atoms with Crippen LogP contribution in [0.4, 0.5) is 0 Å². The molecule has 1 atom stereocenters. The molecule has 0 aromatic heterocycles. The fourth-order valence-corrected chi connectivity index (χ4v) is 3.06. The lowest BCUT2D eigenvalue weighted by Gasteiger charge is -2.38. The molecule has 0 amide bonds. The van der Waals surface area contributed by atoms with Gasteiger partial charge in [0.1, 0.15) is 6.04 Å². The summed E-state index contributed by atoms with van der Waals surface area (Å²) in [6.45, 7) is 7.04. The molecule has 0 aliphatic carbocycles. The number of hydrogen-bond acceptors (Lipinski definition) is 3. The third-order valence-corrected chi connectivity index (χ3v) is 3.91. The summed E-state index contributed by atoms with van der Waals surface area (Å²) < 4.78 is 11.2. The van der Waals surface area contributed by atoms with Crippen molar-refractivity contribution in [3.8, 4) is 0 Å². The van der Waals surface area contributed by atoms with Crippen LogP contribution in [0.1, 0.15) is 20.8 Å². The van der Waals surface area contributed by atoms with E-state index in [-0.39, 0.29) is 5.41 Å². The summed E-state index contributed by atoms with van der Waals surface area (Å²) in [5.74, 6) is 0.412. The molecule has 1 heterocycles. The second kappa shape index (κ2) is 4.61. The number of nitrogens with zero attached hydrogens (tertiary/aromatic N) is 1. The predicted molar refractivity (Wildman–Crippen MR) is 60.3 cm³/mol. The fourth-order valence-electron chi connectivity index (χ4n) is 1.98. The van der Waals surface area contributed by atoms with Crippen LogP contribution in [0.3, 0.4) is 0 Å². The van der Waals surface area contributed by atoms with Gasteiger partial charge in [0.15, 0.2) is 0 Å². The Kier molecular flexibility index (Phi) is 3.89. The molecule has 1 N–H and O–H groups in total. The van der Waals surface area contributed by atoms with E-state index in [1.54, 1.807) is 0 Å². The van der Waals surface area contributed by atoms with Crippen molar-refractivity contribution in [1.82, 2.24) is 4.90 Å². The largest absolute Gasteiger partial charge is 0.480 e. The SMILES string of the molecule is CC(C)(C)C(C(=O)O)N1CCS(=O)CC1.